The van der Waals surface area contributed by atoms with Crippen LogP contribution in [0.5, 0.6) is 0 Å². The number of hydrogen-bond donors (Lipinski definition) is 1. The Morgan fingerprint density at radius 1 is 1.38 bits per heavy atom. The number of carbonyl (C=O) groups excluding carboxylic acids is 2. The molecule has 1 aliphatic heterocycles. The first-order chi connectivity index (χ1) is 10.2. The molecule has 2 rings (SSSR count). The van der Waals surface area contributed by atoms with Crippen LogP contribution in [0.15, 0.2) is 24.4 Å². The van der Waals surface area contributed by atoms with Gasteiger partial charge < -0.3 is 15.0 Å². The highest BCUT2D eigenvalue weighted by molar-refractivity contribution is 5.92. The number of aromatic nitrogens is 1. The summed E-state index contributed by atoms with van der Waals surface area (Å²) < 4.78 is 5.31. The van der Waals surface area contributed by atoms with Gasteiger partial charge in [0.15, 0.2) is 0 Å². The summed E-state index contributed by atoms with van der Waals surface area (Å²) >= 11 is 0. The molecule has 1 fully saturated rings. The van der Waals surface area contributed by atoms with Crippen LogP contribution in [-0.2, 0) is 9.53 Å². The van der Waals surface area contributed by atoms with Crippen LogP contribution >= 0.6 is 0 Å². The van der Waals surface area contributed by atoms with Gasteiger partial charge in [0.2, 0.25) is 5.91 Å². The molecule has 2 heterocycles. The highest BCUT2D eigenvalue weighted by atomic mass is 16.5. The zero-order valence-electron chi connectivity index (χ0n) is 12.2. The number of nitrogens with zero attached hydrogens (tertiary/aromatic N) is 2. The van der Waals surface area contributed by atoms with Crippen LogP contribution in [0.2, 0.25) is 0 Å². The van der Waals surface area contributed by atoms with Crippen LogP contribution in [-0.4, -0.2) is 54.0 Å². The van der Waals surface area contributed by atoms with Gasteiger partial charge in [-0.2, -0.15) is 0 Å². The van der Waals surface area contributed by atoms with Gasteiger partial charge in [-0.05, 0) is 25.0 Å². The molecule has 6 nitrogen and oxygen atoms in total. The molecular formula is C15H21N3O3. The van der Waals surface area contributed by atoms with Gasteiger partial charge in [-0.1, -0.05) is 6.07 Å². The third kappa shape index (κ3) is 4.53. The van der Waals surface area contributed by atoms with E-state index in [-0.39, 0.29) is 17.9 Å². The smallest absolute Gasteiger partial charge is 0.269 e. The first-order valence-corrected chi connectivity index (χ1v) is 7.22. The van der Waals surface area contributed by atoms with Crippen molar-refractivity contribution in [3.05, 3.63) is 30.1 Å². The van der Waals surface area contributed by atoms with Crippen LogP contribution in [0.4, 0.5) is 0 Å². The maximum Gasteiger partial charge on any atom is 0.269 e. The fourth-order valence-corrected chi connectivity index (χ4v) is 2.47. The number of carbonyl (C=O) groups is 2. The molecular weight excluding hydrogens is 270 g/mol. The lowest BCUT2D eigenvalue weighted by atomic mass is 10.1. The standard InChI is InChI=1S/C15H21N3O3/c1-12(19)18(13-5-10-21-11-6-13)9-8-17-15(20)14-4-2-3-7-16-14/h2-4,7,13H,5-6,8-11H2,1H3,(H,17,20). The first kappa shape index (κ1) is 15.4. The molecule has 114 valence electrons. The number of pyridine rings is 1. The molecule has 1 aromatic rings. The summed E-state index contributed by atoms with van der Waals surface area (Å²) in [5.74, 6) is -0.180. The molecule has 0 aliphatic carbocycles. The summed E-state index contributed by atoms with van der Waals surface area (Å²) in [5, 5.41) is 2.80. The van der Waals surface area contributed by atoms with Crippen LogP contribution in [0, 0.1) is 0 Å². The first-order valence-electron chi connectivity index (χ1n) is 7.22. The van der Waals surface area contributed by atoms with E-state index in [1.54, 1.807) is 31.3 Å². The topological polar surface area (TPSA) is 71.5 Å². The minimum atomic E-state index is -0.217. The maximum absolute atomic E-state index is 11.9. The summed E-state index contributed by atoms with van der Waals surface area (Å²) in [4.78, 5) is 29.4. The molecule has 2 amide bonds. The summed E-state index contributed by atoms with van der Waals surface area (Å²) in [7, 11) is 0. The van der Waals surface area contributed by atoms with Crippen LogP contribution < -0.4 is 5.32 Å². The highest BCUT2D eigenvalue weighted by Gasteiger charge is 2.23. The predicted octanol–water partition coefficient (Wildman–Crippen LogP) is 0.839. The molecule has 21 heavy (non-hydrogen) atoms. The van der Waals surface area contributed by atoms with Crippen molar-refractivity contribution < 1.29 is 14.3 Å². The van der Waals surface area contributed by atoms with E-state index in [1.165, 1.54) is 0 Å². The molecule has 0 bridgehead atoms. The molecule has 0 atom stereocenters. The Hall–Kier alpha value is -1.95. The number of amides is 2. The van der Waals surface area contributed by atoms with E-state index < -0.39 is 0 Å². The number of nitrogens with one attached hydrogen (secondary N) is 1. The molecule has 0 aromatic carbocycles. The van der Waals surface area contributed by atoms with Crippen LogP contribution in [0.25, 0.3) is 0 Å². The van der Waals surface area contributed by atoms with Crippen LogP contribution in [0.1, 0.15) is 30.3 Å². The van der Waals surface area contributed by atoms with Crippen molar-refractivity contribution in [2.75, 3.05) is 26.3 Å². The average molecular weight is 291 g/mol. The van der Waals surface area contributed by atoms with E-state index in [2.05, 4.69) is 10.3 Å². The van der Waals surface area contributed by atoms with E-state index in [4.69, 9.17) is 4.74 Å². The van der Waals surface area contributed by atoms with Gasteiger partial charge in [0.05, 0.1) is 0 Å². The number of ether oxygens (including phenoxy) is 1. The van der Waals surface area contributed by atoms with Gasteiger partial charge in [0.25, 0.3) is 5.91 Å². The van der Waals surface area contributed by atoms with E-state index in [9.17, 15) is 9.59 Å². The summed E-state index contributed by atoms with van der Waals surface area (Å²) in [5.41, 5.74) is 0.387. The second-order valence-electron chi connectivity index (χ2n) is 5.03. The van der Waals surface area contributed by atoms with E-state index in [0.29, 0.717) is 32.0 Å². The van der Waals surface area contributed by atoms with Crippen molar-refractivity contribution in [2.24, 2.45) is 0 Å². The average Bonchev–Trinajstić information content (AvgIpc) is 2.52. The Labute approximate surface area is 124 Å². The highest BCUT2D eigenvalue weighted by Crippen LogP contribution is 2.14. The zero-order valence-corrected chi connectivity index (χ0v) is 12.2. The molecule has 1 aliphatic rings. The Morgan fingerprint density at radius 2 is 2.14 bits per heavy atom. The number of hydrogen-bond acceptors (Lipinski definition) is 4. The minimum absolute atomic E-state index is 0.0361. The monoisotopic (exact) mass is 291 g/mol. The molecule has 1 saturated heterocycles. The summed E-state index contributed by atoms with van der Waals surface area (Å²) in [6, 6.07) is 5.41. The van der Waals surface area contributed by atoms with Crippen molar-refractivity contribution in [1.29, 1.82) is 0 Å². The summed E-state index contributed by atoms with van der Waals surface area (Å²) in [6.07, 6.45) is 3.29. The quantitative estimate of drug-likeness (QED) is 0.872. The van der Waals surface area contributed by atoms with E-state index in [0.717, 1.165) is 12.8 Å². The fraction of sp³-hybridized carbons (Fsp3) is 0.533. The third-order valence-electron chi connectivity index (χ3n) is 3.57. The Bertz CT molecular complexity index is 472. The van der Waals surface area contributed by atoms with Gasteiger partial charge in [0, 0.05) is 45.5 Å². The van der Waals surface area contributed by atoms with Gasteiger partial charge >= 0.3 is 0 Å². The Kier molecular flexibility index (Phi) is 5.68. The molecule has 0 radical (unpaired) electrons. The Balaban J connectivity index is 1.82. The van der Waals surface area contributed by atoms with Crippen molar-refractivity contribution in [3.8, 4) is 0 Å². The molecule has 1 aromatic heterocycles. The van der Waals surface area contributed by atoms with Crippen LogP contribution in [0.3, 0.4) is 0 Å². The van der Waals surface area contributed by atoms with Crippen molar-refractivity contribution in [3.63, 3.8) is 0 Å². The summed E-state index contributed by atoms with van der Waals surface area (Å²) in [6.45, 7) is 3.88. The van der Waals surface area contributed by atoms with Gasteiger partial charge in [-0.15, -0.1) is 0 Å². The van der Waals surface area contributed by atoms with Crippen molar-refractivity contribution in [2.45, 2.75) is 25.8 Å². The SMILES string of the molecule is CC(=O)N(CCNC(=O)c1ccccn1)C1CCOCC1. The largest absolute Gasteiger partial charge is 0.381 e. The van der Waals surface area contributed by atoms with E-state index >= 15 is 0 Å². The molecule has 0 saturated carbocycles. The number of rotatable bonds is 5. The molecule has 0 unspecified atom stereocenters. The zero-order chi connectivity index (χ0) is 15.1. The normalized spacial score (nSPS) is 15.5. The molecule has 6 heteroatoms. The van der Waals surface area contributed by atoms with Gasteiger partial charge in [-0.3, -0.25) is 14.6 Å². The van der Waals surface area contributed by atoms with Gasteiger partial charge in [-0.25, -0.2) is 0 Å². The van der Waals surface area contributed by atoms with Gasteiger partial charge in [0.1, 0.15) is 5.69 Å². The maximum atomic E-state index is 11.9. The van der Waals surface area contributed by atoms with Crippen molar-refractivity contribution >= 4 is 11.8 Å². The lowest BCUT2D eigenvalue weighted by molar-refractivity contribution is -0.132. The molecule has 0 spiro atoms. The second kappa shape index (κ2) is 7.73. The Morgan fingerprint density at radius 3 is 2.76 bits per heavy atom. The van der Waals surface area contributed by atoms with E-state index in [1.807, 2.05) is 4.90 Å². The van der Waals surface area contributed by atoms with Crippen molar-refractivity contribution in [1.82, 2.24) is 15.2 Å². The fourth-order valence-electron chi connectivity index (χ4n) is 2.47. The third-order valence-corrected chi connectivity index (χ3v) is 3.57. The minimum Gasteiger partial charge on any atom is -0.381 e. The second-order valence-corrected chi connectivity index (χ2v) is 5.03. The lowest BCUT2D eigenvalue weighted by Crippen LogP contribution is -2.46. The lowest BCUT2D eigenvalue weighted by Gasteiger charge is -2.33. The predicted molar refractivity (Wildman–Crippen MR) is 77.8 cm³/mol. The molecule has 1 N–H and O–H groups in total.